The molecule has 2 unspecified atom stereocenters. The molecule has 1 rings (SSSR count). The Morgan fingerprint density at radius 1 is 1.24 bits per heavy atom. The second-order valence-corrected chi connectivity index (χ2v) is 5.54. The summed E-state index contributed by atoms with van der Waals surface area (Å²) in [6, 6.07) is 9.19. The maximum absolute atomic E-state index is 5.16. The molecule has 0 heterocycles. The highest BCUT2D eigenvalue weighted by atomic mass is 32.2. The molecule has 0 radical (unpaired) electrons. The van der Waals surface area contributed by atoms with Crippen LogP contribution in [0.4, 0.5) is 0 Å². The number of nitrogens with one attached hydrogen (secondary N) is 1. The number of methoxy groups -OCH3 is 1. The molecule has 17 heavy (non-hydrogen) atoms. The molecule has 96 valence electrons. The zero-order valence-electron chi connectivity index (χ0n) is 11.2. The molecule has 0 spiro atoms. The third-order valence-electron chi connectivity index (χ3n) is 2.72. The van der Waals surface area contributed by atoms with Gasteiger partial charge in [0.1, 0.15) is 5.75 Å². The van der Waals surface area contributed by atoms with Crippen LogP contribution in [0.3, 0.4) is 0 Å². The summed E-state index contributed by atoms with van der Waals surface area (Å²) in [5.74, 6) is 3.26. The average Bonchev–Trinajstić information content (AvgIpc) is 2.36. The molecule has 2 nitrogen and oxygen atoms in total. The molecule has 0 aliphatic carbocycles. The van der Waals surface area contributed by atoms with Crippen molar-refractivity contribution in [3.8, 4) is 5.75 Å². The van der Waals surface area contributed by atoms with Crippen molar-refractivity contribution in [2.45, 2.75) is 32.9 Å². The predicted molar refractivity (Wildman–Crippen MR) is 77.0 cm³/mol. The van der Waals surface area contributed by atoms with E-state index in [1.807, 2.05) is 23.9 Å². The maximum Gasteiger partial charge on any atom is 0.118 e. The highest BCUT2D eigenvalue weighted by molar-refractivity contribution is 7.99. The van der Waals surface area contributed by atoms with E-state index in [4.69, 9.17) is 4.74 Å². The zero-order chi connectivity index (χ0) is 12.7. The summed E-state index contributed by atoms with van der Waals surface area (Å²) in [6.07, 6.45) is 0. The Hall–Kier alpha value is -0.670. The van der Waals surface area contributed by atoms with Gasteiger partial charge in [-0.2, -0.15) is 11.8 Å². The van der Waals surface area contributed by atoms with Gasteiger partial charge < -0.3 is 10.1 Å². The minimum Gasteiger partial charge on any atom is -0.497 e. The van der Waals surface area contributed by atoms with Gasteiger partial charge in [0.2, 0.25) is 0 Å². The van der Waals surface area contributed by atoms with Crippen LogP contribution < -0.4 is 10.1 Å². The molecule has 0 saturated carbocycles. The van der Waals surface area contributed by atoms with Crippen LogP contribution in [0.15, 0.2) is 24.3 Å². The molecule has 0 amide bonds. The summed E-state index contributed by atoms with van der Waals surface area (Å²) in [4.78, 5) is 0. The first-order valence-electron chi connectivity index (χ1n) is 6.15. The Morgan fingerprint density at radius 3 is 2.41 bits per heavy atom. The molecule has 0 aliphatic rings. The van der Waals surface area contributed by atoms with Crippen LogP contribution in [-0.4, -0.2) is 24.7 Å². The van der Waals surface area contributed by atoms with Crippen LogP contribution in [0.5, 0.6) is 5.75 Å². The van der Waals surface area contributed by atoms with Crippen LogP contribution in [0.2, 0.25) is 0 Å². The summed E-state index contributed by atoms with van der Waals surface area (Å²) < 4.78 is 5.16. The van der Waals surface area contributed by atoms with E-state index in [0.29, 0.717) is 12.1 Å². The van der Waals surface area contributed by atoms with Gasteiger partial charge in [-0.05, 0) is 37.3 Å². The Labute approximate surface area is 109 Å². The summed E-state index contributed by atoms with van der Waals surface area (Å²) in [5.41, 5.74) is 1.30. The van der Waals surface area contributed by atoms with E-state index in [-0.39, 0.29) is 0 Å². The number of hydrogen-bond acceptors (Lipinski definition) is 3. The number of hydrogen-bond donors (Lipinski definition) is 1. The van der Waals surface area contributed by atoms with E-state index >= 15 is 0 Å². The van der Waals surface area contributed by atoms with E-state index in [0.717, 1.165) is 11.5 Å². The van der Waals surface area contributed by atoms with Crippen molar-refractivity contribution in [3.05, 3.63) is 29.8 Å². The molecule has 0 saturated heterocycles. The zero-order valence-corrected chi connectivity index (χ0v) is 12.0. The average molecular weight is 253 g/mol. The smallest absolute Gasteiger partial charge is 0.118 e. The second kappa shape index (κ2) is 7.62. The number of ether oxygens (including phenoxy) is 1. The molecule has 3 heteroatoms. The summed E-state index contributed by atoms with van der Waals surface area (Å²) in [7, 11) is 1.70. The molecule has 0 fully saturated rings. The summed E-state index contributed by atoms with van der Waals surface area (Å²) >= 11 is 1.98. The first-order valence-corrected chi connectivity index (χ1v) is 7.30. The topological polar surface area (TPSA) is 21.3 Å². The quantitative estimate of drug-likeness (QED) is 0.804. The van der Waals surface area contributed by atoms with Crippen LogP contribution in [0.25, 0.3) is 0 Å². The van der Waals surface area contributed by atoms with Crippen molar-refractivity contribution in [2.24, 2.45) is 0 Å². The van der Waals surface area contributed by atoms with Crippen LogP contribution >= 0.6 is 11.8 Å². The van der Waals surface area contributed by atoms with Gasteiger partial charge >= 0.3 is 0 Å². The third kappa shape index (κ3) is 5.00. The van der Waals surface area contributed by atoms with Gasteiger partial charge in [-0.25, -0.2) is 0 Å². The van der Waals surface area contributed by atoms with Crippen LogP contribution in [0.1, 0.15) is 32.4 Å². The van der Waals surface area contributed by atoms with Gasteiger partial charge in [0.15, 0.2) is 0 Å². The highest BCUT2D eigenvalue weighted by Crippen LogP contribution is 2.18. The number of benzene rings is 1. The van der Waals surface area contributed by atoms with Crippen molar-refractivity contribution < 1.29 is 4.74 Å². The van der Waals surface area contributed by atoms with E-state index in [1.54, 1.807) is 7.11 Å². The fraction of sp³-hybridized carbons (Fsp3) is 0.571. The lowest BCUT2D eigenvalue weighted by Gasteiger charge is -2.20. The SMILES string of the molecule is CCSCC(C)NC(C)c1ccc(OC)cc1. The normalized spacial score (nSPS) is 14.4. The van der Waals surface area contributed by atoms with E-state index in [9.17, 15) is 0 Å². The third-order valence-corrected chi connectivity index (χ3v) is 3.87. The van der Waals surface area contributed by atoms with Crippen molar-refractivity contribution >= 4 is 11.8 Å². The Morgan fingerprint density at radius 2 is 1.88 bits per heavy atom. The Kier molecular flexibility index (Phi) is 6.45. The van der Waals surface area contributed by atoms with Crippen LogP contribution in [0, 0.1) is 0 Å². The van der Waals surface area contributed by atoms with Crippen molar-refractivity contribution in [1.82, 2.24) is 5.32 Å². The Bertz CT molecular complexity index is 313. The molecular weight excluding hydrogens is 230 g/mol. The lowest BCUT2D eigenvalue weighted by molar-refractivity contribution is 0.414. The van der Waals surface area contributed by atoms with Gasteiger partial charge in [-0.15, -0.1) is 0 Å². The first-order chi connectivity index (χ1) is 8.17. The largest absolute Gasteiger partial charge is 0.497 e. The van der Waals surface area contributed by atoms with E-state index in [2.05, 4.69) is 38.2 Å². The summed E-state index contributed by atoms with van der Waals surface area (Å²) in [5, 5.41) is 3.61. The monoisotopic (exact) mass is 253 g/mol. The predicted octanol–water partition coefficient (Wildman–Crippen LogP) is 3.49. The fourth-order valence-corrected chi connectivity index (χ4v) is 2.44. The van der Waals surface area contributed by atoms with Gasteiger partial charge in [-0.3, -0.25) is 0 Å². The molecule has 1 aromatic carbocycles. The number of rotatable bonds is 7. The molecule has 0 aliphatic heterocycles. The minimum atomic E-state index is 0.383. The van der Waals surface area contributed by atoms with Gasteiger partial charge in [0.25, 0.3) is 0 Å². The second-order valence-electron chi connectivity index (χ2n) is 4.22. The molecule has 2 atom stereocenters. The fourth-order valence-electron chi connectivity index (χ4n) is 1.76. The van der Waals surface area contributed by atoms with Crippen molar-refractivity contribution in [1.29, 1.82) is 0 Å². The minimum absolute atomic E-state index is 0.383. The van der Waals surface area contributed by atoms with Gasteiger partial charge in [0, 0.05) is 17.8 Å². The maximum atomic E-state index is 5.16. The lowest BCUT2D eigenvalue weighted by Crippen LogP contribution is -2.30. The van der Waals surface area contributed by atoms with Crippen molar-refractivity contribution in [2.75, 3.05) is 18.6 Å². The van der Waals surface area contributed by atoms with E-state index in [1.165, 1.54) is 11.3 Å². The van der Waals surface area contributed by atoms with Crippen LogP contribution in [-0.2, 0) is 0 Å². The molecule has 0 bridgehead atoms. The standard InChI is InChI=1S/C14H23NOS/c1-5-17-10-11(2)15-12(3)13-6-8-14(16-4)9-7-13/h6-9,11-12,15H,5,10H2,1-4H3. The van der Waals surface area contributed by atoms with Crippen molar-refractivity contribution in [3.63, 3.8) is 0 Å². The lowest BCUT2D eigenvalue weighted by atomic mass is 10.1. The summed E-state index contributed by atoms with van der Waals surface area (Å²) in [6.45, 7) is 6.64. The highest BCUT2D eigenvalue weighted by Gasteiger charge is 2.09. The molecule has 0 aromatic heterocycles. The molecular formula is C14H23NOS. The molecule has 1 N–H and O–H groups in total. The van der Waals surface area contributed by atoms with Gasteiger partial charge in [0.05, 0.1) is 7.11 Å². The molecule has 1 aromatic rings. The first kappa shape index (κ1) is 14.4. The van der Waals surface area contributed by atoms with Gasteiger partial charge in [-0.1, -0.05) is 19.1 Å². The number of thioether (sulfide) groups is 1. The van der Waals surface area contributed by atoms with E-state index < -0.39 is 0 Å². The Balaban J connectivity index is 2.47.